The van der Waals surface area contributed by atoms with Crippen molar-refractivity contribution in [3.63, 3.8) is 0 Å². The fourth-order valence-electron chi connectivity index (χ4n) is 2.27. The summed E-state index contributed by atoms with van der Waals surface area (Å²) < 4.78 is 6.71. The number of carboxylic acid groups (broad SMARTS) is 1. The van der Waals surface area contributed by atoms with E-state index < -0.39 is 5.97 Å². The third kappa shape index (κ3) is 4.13. The van der Waals surface area contributed by atoms with E-state index in [0.29, 0.717) is 0 Å². The van der Waals surface area contributed by atoms with Crippen LogP contribution in [0.5, 0.6) is 5.75 Å². The molecule has 0 aliphatic rings. The number of aliphatic carboxylic acids is 1. The molecule has 128 valence electrons. The van der Waals surface area contributed by atoms with Crippen LogP contribution in [0.15, 0.2) is 36.5 Å². The minimum Gasteiger partial charge on any atom is -0.497 e. The second-order valence-electron chi connectivity index (χ2n) is 5.58. The molecule has 1 N–H and O–H groups in total. The van der Waals surface area contributed by atoms with Crippen molar-refractivity contribution in [3.05, 3.63) is 42.2 Å². The lowest BCUT2D eigenvalue weighted by Crippen LogP contribution is -2.38. The van der Waals surface area contributed by atoms with E-state index in [1.165, 1.54) is 4.90 Å². The summed E-state index contributed by atoms with van der Waals surface area (Å²) in [6.45, 7) is 3.85. The van der Waals surface area contributed by atoms with Crippen molar-refractivity contribution in [1.29, 1.82) is 0 Å². The average Bonchev–Trinajstić information content (AvgIpc) is 3.04. The fraction of sp³-hybridized carbons (Fsp3) is 0.353. The molecule has 0 radical (unpaired) electrons. The van der Waals surface area contributed by atoms with E-state index in [1.807, 2.05) is 38.1 Å². The second-order valence-corrected chi connectivity index (χ2v) is 5.58. The lowest BCUT2D eigenvalue weighted by molar-refractivity contribution is -0.137. The van der Waals surface area contributed by atoms with Crippen molar-refractivity contribution < 1.29 is 19.4 Å². The number of carboxylic acids is 1. The number of amides is 1. The van der Waals surface area contributed by atoms with Crippen molar-refractivity contribution in [3.8, 4) is 11.4 Å². The van der Waals surface area contributed by atoms with Gasteiger partial charge in [-0.1, -0.05) is 0 Å². The Morgan fingerprint density at radius 1 is 1.25 bits per heavy atom. The first kappa shape index (κ1) is 17.5. The van der Waals surface area contributed by atoms with Gasteiger partial charge in [-0.3, -0.25) is 9.59 Å². The Balaban J connectivity index is 2.17. The number of hydrogen-bond acceptors (Lipinski definition) is 4. The van der Waals surface area contributed by atoms with Crippen LogP contribution in [0.3, 0.4) is 0 Å². The molecular formula is C17H21N3O4. The van der Waals surface area contributed by atoms with Crippen LogP contribution in [0.1, 0.15) is 30.8 Å². The maximum Gasteiger partial charge on any atom is 0.305 e. The summed E-state index contributed by atoms with van der Waals surface area (Å²) in [6, 6.07) is 8.82. The van der Waals surface area contributed by atoms with Gasteiger partial charge >= 0.3 is 5.97 Å². The number of nitrogens with zero attached hydrogens (tertiary/aromatic N) is 3. The highest BCUT2D eigenvalue weighted by Gasteiger charge is 2.21. The van der Waals surface area contributed by atoms with Gasteiger partial charge in [0.2, 0.25) is 0 Å². The number of carbonyl (C=O) groups is 2. The maximum atomic E-state index is 12.6. The Bertz CT molecular complexity index is 707. The number of ether oxygens (including phenoxy) is 1. The number of hydrogen-bond donors (Lipinski definition) is 1. The molecule has 7 nitrogen and oxygen atoms in total. The van der Waals surface area contributed by atoms with Gasteiger partial charge in [-0.15, -0.1) is 0 Å². The number of aromatic nitrogens is 2. The van der Waals surface area contributed by atoms with Gasteiger partial charge in [-0.25, -0.2) is 4.68 Å². The SMILES string of the molecule is COc1ccc(-n2ccc(C(=O)N(CCC(=O)O)C(C)C)n2)cc1. The summed E-state index contributed by atoms with van der Waals surface area (Å²) in [5.41, 5.74) is 1.08. The molecule has 0 saturated carbocycles. The van der Waals surface area contributed by atoms with Crippen LogP contribution < -0.4 is 4.74 Å². The zero-order valence-corrected chi connectivity index (χ0v) is 14.0. The van der Waals surface area contributed by atoms with Gasteiger partial charge in [0.1, 0.15) is 5.75 Å². The zero-order valence-electron chi connectivity index (χ0n) is 14.0. The van der Waals surface area contributed by atoms with Crippen molar-refractivity contribution in [2.75, 3.05) is 13.7 Å². The maximum absolute atomic E-state index is 12.6. The molecule has 2 aromatic rings. The predicted molar refractivity (Wildman–Crippen MR) is 88.5 cm³/mol. The first-order valence-corrected chi connectivity index (χ1v) is 7.65. The molecule has 1 amide bonds. The minimum absolute atomic E-state index is 0.0941. The average molecular weight is 331 g/mol. The van der Waals surface area contributed by atoms with E-state index in [9.17, 15) is 9.59 Å². The van der Waals surface area contributed by atoms with E-state index in [2.05, 4.69) is 5.10 Å². The Morgan fingerprint density at radius 3 is 2.46 bits per heavy atom. The molecule has 2 rings (SSSR count). The Hall–Kier alpha value is -2.83. The topological polar surface area (TPSA) is 84.7 Å². The zero-order chi connectivity index (χ0) is 17.7. The highest BCUT2D eigenvalue weighted by atomic mass is 16.5. The van der Waals surface area contributed by atoms with Crippen LogP contribution in [0.25, 0.3) is 5.69 Å². The lowest BCUT2D eigenvalue weighted by atomic mass is 10.2. The monoisotopic (exact) mass is 331 g/mol. The molecule has 1 heterocycles. The smallest absolute Gasteiger partial charge is 0.305 e. The van der Waals surface area contributed by atoms with Crippen molar-refractivity contribution in [1.82, 2.24) is 14.7 Å². The second kappa shape index (κ2) is 7.63. The molecule has 0 unspecified atom stereocenters. The molecule has 0 atom stereocenters. The van der Waals surface area contributed by atoms with Crippen molar-refractivity contribution >= 4 is 11.9 Å². The predicted octanol–water partition coefficient (Wildman–Crippen LogP) is 2.21. The quantitative estimate of drug-likeness (QED) is 0.841. The summed E-state index contributed by atoms with van der Waals surface area (Å²) in [7, 11) is 1.59. The molecule has 7 heteroatoms. The van der Waals surface area contributed by atoms with Crippen LogP contribution in [-0.4, -0.2) is 51.4 Å². The standard InChI is InChI=1S/C17H21N3O4/c1-12(2)19(10-9-16(21)22)17(23)15-8-11-20(18-15)13-4-6-14(24-3)7-5-13/h4-8,11-12H,9-10H2,1-3H3,(H,21,22). The van der Waals surface area contributed by atoms with E-state index in [-0.39, 0.29) is 30.6 Å². The molecule has 0 spiro atoms. The number of benzene rings is 1. The summed E-state index contributed by atoms with van der Waals surface area (Å²) in [4.78, 5) is 24.8. The Labute approximate surface area is 140 Å². The molecule has 0 bridgehead atoms. The Morgan fingerprint density at radius 2 is 1.92 bits per heavy atom. The Kier molecular flexibility index (Phi) is 5.57. The largest absolute Gasteiger partial charge is 0.497 e. The third-order valence-electron chi connectivity index (χ3n) is 3.60. The van der Waals surface area contributed by atoms with Crippen LogP contribution >= 0.6 is 0 Å². The summed E-state index contributed by atoms with van der Waals surface area (Å²) in [5.74, 6) is -0.474. The van der Waals surface area contributed by atoms with Gasteiger partial charge < -0.3 is 14.7 Å². The summed E-state index contributed by atoms with van der Waals surface area (Å²) in [6.07, 6.45) is 1.61. The summed E-state index contributed by atoms with van der Waals surface area (Å²) >= 11 is 0. The van der Waals surface area contributed by atoms with Gasteiger partial charge in [0.25, 0.3) is 5.91 Å². The van der Waals surface area contributed by atoms with E-state index >= 15 is 0 Å². The van der Waals surface area contributed by atoms with E-state index in [1.54, 1.807) is 24.1 Å². The number of carbonyl (C=O) groups excluding carboxylic acids is 1. The molecule has 24 heavy (non-hydrogen) atoms. The number of rotatable bonds is 7. The molecule has 1 aromatic carbocycles. The molecule has 0 saturated heterocycles. The van der Waals surface area contributed by atoms with Gasteiger partial charge in [0.15, 0.2) is 5.69 Å². The molecule has 0 fully saturated rings. The first-order valence-electron chi connectivity index (χ1n) is 7.65. The van der Waals surface area contributed by atoms with Crippen LogP contribution in [-0.2, 0) is 4.79 Å². The van der Waals surface area contributed by atoms with Gasteiger partial charge in [-0.05, 0) is 44.2 Å². The third-order valence-corrected chi connectivity index (χ3v) is 3.60. The molecular weight excluding hydrogens is 310 g/mol. The molecule has 1 aromatic heterocycles. The minimum atomic E-state index is -0.933. The fourth-order valence-corrected chi connectivity index (χ4v) is 2.27. The molecule has 0 aliphatic carbocycles. The first-order chi connectivity index (χ1) is 11.4. The van der Waals surface area contributed by atoms with Crippen LogP contribution in [0.2, 0.25) is 0 Å². The highest BCUT2D eigenvalue weighted by molar-refractivity contribution is 5.92. The van der Waals surface area contributed by atoms with Gasteiger partial charge in [0.05, 0.1) is 19.2 Å². The van der Waals surface area contributed by atoms with Gasteiger partial charge in [-0.2, -0.15) is 5.10 Å². The van der Waals surface area contributed by atoms with Crippen LogP contribution in [0.4, 0.5) is 0 Å². The van der Waals surface area contributed by atoms with Crippen molar-refractivity contribution in [2.45, 2.75) is 26.3 Å². The van der Waals surface area contributed by atoms with Crippen LogP contribution in [0, 0.1) is 0 Å². The van der Waals surface area contributed by atoms with Gasteiger partial charge in [0, 0.05) is 18.8 Å². The van der Waals surface area contributed by atoms with E-state index in [0.717, 1.165) is 11.4 Å². The summed E-state index contributed by atoms with van der Waals surface area (Å²) in [5, 5.41) is 13.1. The molecule has 0 aliphatic heterocycles. The normalized spacial score (nSPS) is 10.7. The van der Waals surface area contributed by atoms with Crippen molar-refractivity contribution in [2.24, 2.45) is 0 Å². The van der Waals surface area contributed by atoms with E-state index in [4.69, 9.17) is 9.84 Å². The lowest BCUT2D eigenvalue weighted by Gasteiger charge is -2.25. The highest BCUT2D eigenvalue weighted by Crippen LogP contribution is 2.15. The number of methoxy groups -OCH3 is 1.